The average molecular weight is 645 g/mol. The van der Waals surface area contributed by atoms with Crippen LogP contribution < -0.4 is 10.1 Å². The van der Waals surface area contributed by atoms with Gasteiger partial charge in [-0.2, -0.15) is 26.3 Å². The number of nitrogens with one attached hydrogen (secondary N) is 1. The molecule has 4 bridgehead atoms. The molecule has 9 nitrogen and oxygen atoms in total. The van der Waals surface area contributed by atoms with E-state index in [-0.39, 0.29) is 6.42 Å². The Kier molecular flexibility index (Phi) is 10.00. The van der Waals surface area contributed by atoms with E-state index in [1.165, 1.54) is 20.8 Å². The quantitative estimate of drug-likeness (QED) is 0.281. The molecule has 1 N–H and O–H groups in total. The Hall–Kier alpha value is -3.88. The monoisotopic (exact) mass is 644 g/mol. The number of amides is 1. The van der Waals surface area contributed by atoms with Crippen molar-refractivity contribution in [1.82, 2.24) is 15.2 Å². The highest BCUT2D eigenvalue weighted by atomic mass is 19.4. The van der Waals surface area contributed by atoms with Gasteiger partial charge in [-0.05, 0) is 65.0 Å². The number of anilines is 1. The number of nitrogens with zero attached hydrogens (tertiary/aromatic N) is 3. The normalized spacial score (nSPS) is 20.0. The van der Waals surface area contributed by atoms with Gasteiger partial charge in [-0.15, -0.1) is 10.2 Å². The van der Waals surface area contributed by atoms with Gasteiger partial charge in [0.15, 0.2) is 5.69 Å². The van der Waals surface area contributed by atoms with E-state index in [1.807, 2.05) is 0 Å². The maximum Gasteiger partial charge on any atom is 0.426 e. The molecule has 0 radical (unpaired) electrons. The van der Waals surface area contributed by atoms with Crippen LogP contribution in [0.15, 0.2) is 40.8 Å². The maximum atomic E-state index is 15.0. The Morgan fingerprint density at radius 1 is 1.02 bits per heavy atom. The summed E-state index contributed by atoms with van der Waals surface area (Å²) in [6.07, 6.45) is -10.8. The number of fused-ring (bicyclic) bond motifs is 5. The van der Waals surface area contributed by atoms with E-state index in [2.05, 4.69) is 20.5 Å². The molecule has 2 aromatic heterocycles. The Balaban J connectivity index is 1.89. The Bertz CT molecular complexity index is 1460. The van der Waals surface area contributed by atoms with Crippen molar-refractivity contribution in [2.75, 3.05) is 5.32 Å². The van der Waals surface area contributed by atoms with Gasteiger partial charge in [0.2, 0.25) is 11.5 Å². The number of pyridine rings is 1. The van der Waals surface area contributed by atoms with Crippen LogP contribution >= 0.6 is 0 Å². The van der Waals surface area contributed by atoms with E-state index in [4.69, 9.17) is 18.6 Å². The second-order valence-electron chi connectivity index (χ2n) is 11.8. The lowest BCUT2D eigenvalue weighted by molar-refractivity contribution is -0.300. The highest BCUT2D eigenvalue weighted by Gasteiger charge is 2.61. The summed E-state index contributed by atoms with van der Waals surface area (Å²) >= 11 is 0. The predicted octanol–water partition coefficient (Wildman–Crippen LogP) is 8.59. The molecule has 1 aromatic carbocycles. The molecule has 0 spiro atoms. The zero-order chi connectivity index (χ0) is 33.0. The SMILES string of the molecule is C[C@H]1CCCCCCC(OCc2ccccc2)(C(F)(F)F)c2nnc(o2)-c2nc(c(C(F)(F)F)cc2NC(=O)OC(C)(C)C)O1. The minimum absolute atomic E-state index is 0.0664. The van der Waals surface area contributed by atoms with E-state index < -0.39 is 83.4 Å². The van der Waals surface area contributed by atoms with E-state index in [1.54, 1.807) is 37.3 Å². The molecule has 1 aliphatic rings. The first-order valence-electron chi connectivity index (χ1n) is 14.4. The molecule has 4 rings (SSSR count). The van der Waals surface area contributed by atoms with Gasteiger partial charge in [-0.25, -0.2) is 9.78 Å². The number of halogens is 6. The lowest BCUT2D eigenvalue weighted by Gasteiger charge is -2.32. The number of hydrogen-bond donors (Lipinski definition) is 1. The summed E-state index contributed by atoms with van der Waals surface area (Å²) in [4.78, 5) is 16.6. The summed E-state index contributed by atoms with van der Waals surface area (Å²) in [6.45, 7) is 5.72. The molecule has 0 aliphatic carbocycles. The van der Waals surface area contributed by atoms with Crippen LogP contribution in [0.2, 0.25) is 0 Å². The number of aromatic nitrogens is 3. The zero-order valence-electron chi connectivity index (χ0n) is 25.1. The van der Waals surface area contributed by atoms with Gasteiger partial charge >= 0.3 is 18.4 Å². The molecule has 15 heteroatoms. The van der Waals surface area contributed by atoms with E-state index >= 15 is 0 Å². The van der Waals surface area contributed by atoms with Crippen molar-refractivity contribution in [1.29, 1.82) is 0 Å². The average Bonchev–Trinajstić information content (AvgIpc) is 3.41. The third-order valence-corrected chi connectivity index (χ3v) is 6.89. The van der Waals surface area contributed by atoms with Crippen molar-refractivity contribution >= 4 is 11.8 Å². The minimum Gasteiger partial charge on any atom is -0.474 e. The molecule has 3 heterocycles. The van der Waals surface area contributed by atoms with E-state index in [0.717, 1.165) is 0 Å². The maximum absolute atomic E-state index is 15.0. The minimum atomic E-state index is -5.03. The largest absolute Gasteiger partial charge is 0.474 e. The van der Waals surface area contributed by atoms with Gasteiger partial charge in [0.25, 0.3) is 11.8 Å². The smallest absolute Gasteiger partial charge is 0.426 e. The lowest BCUT2D eigenvalue weighted by atomic mass is 9.94. The number of alkyl halides is 6. The Morgan fingerprint density at radius 3 is 2.36 bits per heavy atom. The van der Waals surface area contributed by atoms with Crippen LogP contribution in [0.1, 0.15) is 83.2 Å². The standard InChI is InChI=1S/C30H34F6N4O5/c1-18-12-8-5-6-11-15-28(30(34,35)36,42-17-19-13-9-7-10-14-19)25-40-39-24(44-25)22-21(37-26(41)45-27(2,3)4)16-20(29(31,32)33)23(38-22)43-18/h7,9-10,13-14,16,18H,5-6,8,11-12,15,17H2,1-4H3,(H,37,41)/t18-,28?/m0/s1. The third kappa shape index (κ3) is 8.44. The topological polar surface area (TPSA) is 109 Å². The molecule has 0 fully saturated rings. The number of hydrogen-bond acceptors (Lipinski definition) is 8. The summed E-state index contributed by atoms with van der Waals surface area (Å²) in [5.41, 5.74) is -6.10. The van der Waals surface area contributed by atoms with Gasteiger partial charge in [-0.3, -0.25) is 5.32 Å². The molecule has 1 amide bonds. The van der Waals surface area contributed by atoms with Gasteiger partial charge < -0.3 is 18.6 Å². The van der Waals surface area contributed by atoms with E-state index in [0.29, 0.717) is 37.3 Å². The number of carbonyl (C=O) groups is 1. The van der Waals surface area contributed by atoms with Gasteiger partial charge in [0.1, 0.15) is 11.2 Å². The van der Waals surface area contributed by atoms with Crippen LogP contribution in [-0.4, -0.2) is 39.2 Å². The van der Waals surface area contributed by atoms with Crippen LogP contribution in [0.5, 0.6) is 5.88 Å². The lowest BCUT2D eigenvalue weighted by Crippen LogP contribution is -2.45. The molecular weight excluding hydrogens is 610 g/mol. The van der Waals surface area contributed by atoms with Crippen molar-refractivity contribution in [3.63, 3.8) is 0 Å². The summed E-state index contributed by atoms with van der Waals surface area (Å²) < 4.78 is 109. The number of benzene rings is 1. The molecule has 45 heavy (non-hydrogen) atoms. The van der Waals surface area contributed by atoms with Gasteiger partial charge in [0.05, 0.1) is 18.4 Å². The third-order valence-electron chi connectivity index (χ3n) is 6.89. The first-order valence-corrected chi connectivity index (χ1v) is 14.4. The van der Waals surface area contributed by atoms with Crippen molar-refractivity contribution in [3.8, 4) is 17.5 Å². The van der Waals surface area contributed by atoms with Crippen LogP contribution in [0, 0.1) is 0 Å². The fourth-order valence-electron chi connectivity index (χ4n) is 4.72. The van der Waals surface area contributed by atoms with Crippen LogP contribution in [0.3, 0.4) is 0 Å². The molecule has 2 atom stereocenters. The highest BCUT2D eigenvalue weighted by molar-refractivity contribution is 5.89. The fourth-order valence-corrected chi connectivity index (χ4v) is 4.72. The summed E-state index contributed by atoms with van der Waals surface area (Å²) in [5.74, 6) is -2.53. The van der Waals surface area contributed by atoms with Crippen molar-refractivity contribution < 1.29 is 49.8 Å². The summed E-state index contributed by atoms with van der Waals surface area (Å²) in [5, 5.41) is 9.58. The first-order chi connectivity index (χ1) is 21.0. The van der Waals surface area contributed by atoms with Crippen LogP contribution in [0.4, 0.5) is 36.8 Å². The zero-order valence-corrected chi connectivity index (χ0v) is 25.1. The number of ether oxygens (including phenoxy) is 3. The van der Waals surface area contributed by atoms with Crippen LogP contribution in [0.25, 0.3) is 11.6 Å². The molecule has 3 aromatic rings. The second-order valence-corrected chi connectivity index (χ2v) is 11.8. The molecule has 0 saturated heterocycles. The van der Waals surface area contributed by atoms with Gasteiger partial charge in [-0.1, -0.05) is 43.2 Å². The Labute approximate surface area is 255 Å². The fraction of sp³-hybridized carbons (Fsp3) is 0.533. The molecule has 0 saturated carbocycles. The van der Waals surface area contributed by atoms with Crippen molar-refractivity contribution in [2.24, 2.45) is 0 Å². The molecule has 246 valence electrons. The van der Waals surface area contributed by atoms with Gasteiger partial charge in [0, 0.05) is 0 Å². The second kappa shape index (κ2) is 13.2. The van der Waals surface area contributed by atoms with E-state index in [9.17, 15) is 31.1 Å². The molecule has 1 aliphatic heterocycles. The summed E-state index contributed by atoms with van der Waals surface area (Å²) in [7, 11) is 0. The number of carbonyl (C=O) groups excluding carboxylic acids is 1. The predicted molar refractivity (Wildman–Crippen MR) is 149 cm³/mol. The van der Waals surface area contributed by atoms with Crippen LogP contribution in [-0.2, 0) is 27.9 Å². The van der Waals surface area contributed by atoms with Crippen molar-refractivity contribution in [3.05, 3.63) is 53.4 Å². The summed E-state index contributed by atoms with van der Waals surface area (Å²) in [6, 6.07) is 8.74. The van der Waals surface area contributed by atoms with Crippen molar-refractivity contribution in [2.45, 2.75) is 102 Å². The highest BCUT2D eigenvalue weighted by Crippen LogP contribution is 2.48. The first kappa shape index (κ1) is 34.0. The number of rotatable bonds is 4. The Morgan fingerprint density at radius 2 is 1.71 bits per heavy atom. The molecule has 1 unspecified atom stereocenters. The molecular formula is C30H34F6N4O5.